The van der Waals surface area contributed by atoms with Crippen LogP contribution in [0.25, 0.3) is 0 Å². The van der Waals surface area contributed by atoms with Crippen molar-refractivity contribution >= 4 is 37.5 Å². The van der Waals surface area contributed by atoms with Crippen LogP contribution in [0.2, 0.25) is 0 Å². The molecular formula is C11H13BrFN3O3S. The molecule has 1 atom stereocenters. The minimum atomic E-state index is -3.86. The van der Waals surface area contributed by atoms with Crippen LogP contribution in [-0.4, -0.2) is 26.9 Å². The number of nitrogens with two attached hydrogens (primary N) is 1. The normalized spacial score (nSPS) is 19.1. The van der Waals surface area contributed by atoms with Crippen molar-refractivity contribution in [1.82, 2.24) is 10.0 Å². The van der Waals surface area contributed by atoms with Gasteiger partial charge in [-0.05, 0) is 34.5 Å². The van der Waals surface area contributed by atoms with E-state index in [-0.39, 0.29) is 33.5 Å². The van der Waals surface area contributed by atoms with Gasteiger partial charge in [0, 0.05) is 19.0 Å². The number of hydrogen-bond donors (Lipinski definition) is 3. The fourth-order valence-electron chi connectivity index (χ4n) is 1.90. The molecule has 0 spiro atoms. The van der Waals surface area contributed by atoms with Crippen molar-refractivity contribution < 1.29 is 17.6 Å². The SMILES string of the molecule is Nc1cc(F)c(Br)cc1S(=O)(=O)NCC1CCC(=O)N1. The first kappa shape index (κ1) is 15.2. The van der Waals surface area contributed by atoms with E-state index in [1.807, 2.05) is 0 Å². The number of rotatable bonds is 4. The average molecular weight is 366 g/mol. The third-order valence-electron chi connectivity index (χ3n) is 2.95. The van der Waals surface area contributed by atoms with Gasteiger partial charge in [0.25, 0.3) is 0 Å². The summed E-state index contributed by atoms with van der Waals surface area (Å²) in [7, 11) is -3.86. The summed E-state index contributed by atoms with van der Waals surface area (Å²) in [6, 6.07) is 1.82. The number of amides is 1. The second-order valence-corrected chi connectivity index (χ2v) is 7.05. The van der Waals surface area contributed by atoms with E-state index in [1.165, 1.54) is 0 Å². The fourth-order valence-corrected chi connectivity index (χ4v) is 3.61. The molecule has 2 rings (SSSR count). The molecule has 1 fully saturated rings. The molecule has 0 saturated carbocycles. The van der Waals surface area contributed by atoms with Crippen molar-refractivity contribution in [3.8, 4) is 0 Å². The number of nitrogens with one attached hydrogen (secondary N) is 2. The van der Waals surface area contributed by atoms with Gasteiger partial charge in [0.05, 0.1) is 10.2 Å². The van der Waals surface area contributed by atoms with Crippen molar-refractivity contribution in [2.24, 2.45) is 0 Å². The third-order valence-corrected chi connectivity index (χ3v) is 5.03. The predicted octanol–water partition coefficient (Wildman–Crippen LogP) is 0.727. The van der Waals surface area contributed by atoms with E-state index < -0.39 is 15.8 Å². The Morgan fingerprint density at radius 3 is 2.80 bits per heavy atom. The molecule has 6 nitrogen and oxygen atoms in total. The smallest absolute Gasteiger partial charge is 0.242 e. The summed E-state index contributed by atoms with van der Waals surface area (Å²) in [5.41, 5.74) is 5.36. The van der Waals surface area contributed by atoms with Gasteiger partial charge >= 0.3 is 0 Å². The van der Waals surface area contributed by atoms with E-state index in [0.29, 0.717) is 12.8 Å². The second-order valence-electron chi connectivity index (χ2n) is 4.46. The molecule has 0 aliphatic carbocycles. The lowest BCUT2D eigenvalue weighted by Gasteiger charge is -2.13. The molecule has 20 heavy (non-hydrogen) atoms. The molecule has 0 bridgehead atoms. The summed E-state index contributed by atoms with van der Waals surface area (Å²) in [5.74, 6) is -0.734. The van der Waals surface area contributed by atoms with E-state index in [9.17, 15) is 17.6 Å². The molecule has 1 heterocycles. The van der Waals surface area contributed by atoms with E-state index in [1.54, 1.807) is 0 Å². The number of benzene rings is 1. The van der Waals surface area contributed by atoms with Crippen LogP contribution >= 0.6 is 15.9 Å². The van der Waals surface area contributed by atoms with Gasteiger partial charge in [0.1, 0.15) is 10.7 Å². The van der Waals surface area contributed by atoms with Gasteiger partial charge < -0.3 is 11.1 Å². The minimum absolute atomic E-state index is 0.0150. The van der Waals surface area contributed by atoms with Crippen LogP contribution in [0.15, 0.2) is 21.5 Å². The van der Waals surface area contributed by atoms with Gasteiger partial charge in [0.15, 0.2) is 0 Å². The first-order valence-corrected chi connectivity index (χ1v) is 8.11. The topological polar surface area (TPSA) is 101 Å². The first-order chi connectivity index (χ1) is 9.29. The summed E-state index contributed by atoms with van der Waals surface area (Å²) in [6.07, 6.45) is 0.959. The maximum absolute atomic E-state index is 13.2. The number of carbonyl (C=O) groups is 1. The molecule has 0 aromatic heterocycles. The van der Waals surface area contributed by atoms with E-state index in [2.05, 4.69) is 26.0 Å². The zero-order valence-electron chi connectivity index (χ0n) is 10.3. The van der Waals surface area contributed by atoms with Gasteiger partial charge in [-0.15, -0.1) is 0 Å². The van der Waals surface area contributed by atoms with Crippen molar-refractivity contribution in [2.75, 3.05) is 12.3 Å². The largest absolute Gasteiger partial charge is 0.398 e. The van der Waals surface area contributed by atoms with Gasteiger partial charge in [-0.25, -0.2) is 17.5 Å². The fraction of sp³-hybridized carbons (Fsp3) is 0.364. The molecule has 0 radical (unpaired) electrons. The number of carbonyl (C=O) groups excluding carboxylic acids is 1. The van der Waals surface area contributed by atoms with Crippen LogP contribution in [0.4, 0.5) is 10.1 Å². The Kier molecular flexibility index (Phi) is 4.31. The predicted molar refractivity (Wildman–Crippen MR) is 74.9 cm³/mol. The van der Waals surface area contributed by atoms with Crippen molar-refractivity contribution in [3.05, 3.63) is 22.4 Å². The van der Waals surface area contributed by atoms with Crippen LogP contribution in [0, 0.1) is 5.82 Å². The molecule has 110 valence electrons. The summed E-state index contributed by atoms with van der Waals surface area (Å²) >= 11 is 2.92. The zero-order chi connectivity index (χ0) is 14.9. The standard InChI is InChI=1S/C11H13BrFN3O3S/c12-7-3-10(9(14)4-8(7)13)20(18,19)15-5-6-1-2-11(17)16-6/h3-4,6,15H,1-2,5,14H2,(H,16,17). The van der Waals surface area contributed by atoms with Crippen molar-refractivity contribution in [3.63, 3.8) is 0 Å². The summed E-state index contributed by atoms with van der Waals surface area (Å²) in [4.78, 5) is 10.8. The highest BCUT2D eigenvalue weighted by Gasteiger charge is 2.24. The zero-order valence-corrected chi connectivity index (χ0v) is 12.7. The van der Waals surface area contributed by atoms with Gasteiger partial charge in [-0.1, -0.05) is 0 Å². The monoisotopic (exact) mass is 365 g/mol. The maximum Gasteiger partial charge on any atom is 0.242 e. The molecule has 9 heteroatoms. The van der Waals surface area contributed by atoms with Crippen molar-refractivity contribution in [1.29, 1.82) is 0 Å². The Labute approximate surface area is 124 Å². The van der Waals surface area contributed by atoms with Crippen LogP contribution in [-0.2, 0) is 14.8 Å². The highest BCUT2D eigenvalue weighted by atomic mass is 79.9. The van der Waals surface area contributed by atoms with Crippen molar-refractivity contribution in [2.45, 2.75) is 23.8 Å². The van der Waals surface area contributed by atoms with E-state index in [4.69, 9.17) is 5.73 Å². The summed E-state index contributed by atoms with van der Waals surface area (Å²) < 4.78 is 39.8. The Bertz CT molecular complexity index is 651. The molecule has 1 aliphatic heterocycles. The molecule has 4 N–H and O–H groups in total. The number of hydrogen-bond acceptors (Lipinski definition) is 4. The molecule has 1 saturated heterocycles. The molecule has 1 aliphatic rings. The summed E-state index contributed by atoms with van der Waals surface area (Å²) in [5, 5.41) is 2.65. The number of sulfonamides is 1. The molecule has 1 unspecified atom stereocenters. The average Bonchev–Trinajstić information content (AvgIpc) is 2.77. The Balaban J connectivity index is 2.14. The van der Waals surface area contributed by atoms with E-state index >= 15 is 0 Å². The van der Waals surface area contributed by atoms with Gasteiger partial charge in [0.2, 0.25) is 15.9 Å². The second kappa shape index (κ2) is 5.66. The molecular weight excluding hydrogens is 353 g/mol. The first-order valence-electron chi connectivity index (χ1n) is 5.83. The Hall–Kier alpha value is -1.19. The minimum Gasteiger partial charge on any atom is -0.398 e. The molecule has 1 aromatic carbocycles. The molecule has 1 amide bonds. The number of anilines is 1. The van der Waals surface area contributed by atoms with Crippen LogP contribution in [0.1, 0.15) is 12.8 Å². The maximum atomic E-state index is 13.2. The van der Waals surface area contributed by atoms with Crippen LogP contribution in [0.3, 0.4) is 0 Å². The lowest BCUT2D eigenvalue weighted by Crippen LogP contribution is -2.38. The third kappa shape index (κ3) is 3.28. The Morgan fingerprint density at radius 1 is 1.50 bits per heavy atom. The highest BCUT2D eigenvalue weighted by Crippen LogP contribution is 2.26. The van der Waals surface area contributed by atoms with E-state index in [0.717, 1.165) is 12.1 Å². The van der Waals surface area contributed by atoms with Gasteiger partial charge in [-0.3, -0.25) is 4.79 Å². The lowest BCUT2D eigenvalue weighted by atomic mass is 10.2. The lowest BCUT2D eigenvalue weighted by molar-refractivity contribution is -0.119. The quantitative estimate of drug-likeness (QED) is 0.684. The number of halogens is 2. The Morgan fingerprint density at radius 2 is 2.20 bits per heavy atom. The summed E-state index contributed by atoms with van der Waals surface area (Å²) in [6.45, 7) is 0.0719. The van der Waals surface area contributed by atoms with Crippen LogP contribution in [0.5, 0.6) is 0 Å². The van der Waals surface area contributed by atoms with Gasteiger partial charge in [-0.2, -0.15) is 0 Å². The molecule has 1 aromatic rings. The van der Waals surface area contributed by atoms with Crippen LogP contribution < -0.4 is 15.8 Å². The number of nitrogen functional groups attached to an aromatic ring is 1. The highest BCUT2D eigenvalue weighted by molar-refractivity contribution is 9.10.